The van der Waals surface area contributed by atoms with Crippen molar-refractivity contribution in [1.29, 1.82) is 0 Å². The van der Waals surface area contributed by atoms with E-state index in [1.807, 2.05) is 0 Å². The van der Waals surface area contributed by atoms with Crippen LogP contribution < -0.4 is 15.4 Å². The van der Waals surface area contributed by atoms with E-state index in [2.05, 4.69) is 15.4 Å². The van der Waals surface area contributed by atoms with Crippen LogP contribution in [0.2, 0.25) is 0 Å². The highest BCUT2D eigenvalue weighted by Gasteiger charge is 2.15. The fraction of sp³-hybridized carbons (Fsp3) is 0.533. The van der Waals surface area contributed by atoms with Gasteiger partial charge in [-0.05, 0) is 50.6 Å². The van der Waals surface area contributed by atoms with E-state index in [1.54, 1.807) is 24.3 Å². The Labute approximate surface area is 131 Å². The van der Waals surface area contributed by atoms with Gasteiger partial charge in [0.15, 0.2) is 0 Å². The molecule has 22 heavy (non-hydrogen) atoms. The molecule has 0 saturated carbocycles. The van der Waals surface area contributed by atoms with Gasteiger partial charge in [0.1, 0.15) is 0 Å². The van der Waals surface area contributed by atoms with Crippen LogP contribution in [0.15, 0.2) is 29.2 Å². The van der Waals surface area contributed by atoms with Crippen molar-refractivity contribution in [2.75, 3.05) is 20.1 Å². The second kappa shape index (κ2) is 7.71. The van der Waals surface area contributed by atoms with Crippen molar-refractivity contribution >= 4 is 15.9 Å². The predicted octanol–water partition coefficient (Wildman–Crippen LogP) is 0.396. The number of rotatable bonds is 6. The Morgan fingerprint density at radius 3 is 2.64 bits per heavy atom. The molecule has 3 N–H and O–H groups in total. The summed E-state index contributed by atoms with van der Waals surface area (Å²) in [5.74, 6) is 0.0422. The first-order chi connectivity index (χ1) is 10.5. The standard InChI is InChI=1S/C15H23N3O3S/c1-16-22(20,21)14-7-4-12(5-8-14)6-9-15(19)18-13-3-2-10-17-11-13/h4-5,7-8,13,16-17H,2-3,6,9-11H2,1H3,(H,18,19)/t13-/m0/s1. The third kappa shape index (κ3) is 4.79. The fourth-order valence-corrected chi connectivity index (χ4v) is 3.22. The molecule has 0 radical (unpaired) electrons. The number of nitrogens with one attached hydrogen (secondary N) is 3. The Morgan fingerprint density at radius 1 is 1.32 bits per heavy atom. The first kappa shape index (κ1) is 16.9. The van der Waals surface area contributed by atoms with Gasteiger partial charge in [0.05, 0.1) is 4.90 Å². The normalized spacial score (nSPS) is 18.9. The van der Waals surface area contributed by atoms with Crippen LogP contribution in [0.25, 0.3) is 0 Å². The van der Waals surface area contributed by atoms with Gasteiger partial charge in [-0.1, -0.05) is 12.1 Å². The monoisotopic (exact) mass is 325 g/mol. The van der Waals surface area contributed by atoms with Crippen molar-refractivity contribution in [2.24, 2.45) is 0 Å². The Morgan fingerprint density at radius 2 is 2.05 bits per heavy atom. The van der Waals surface area contributed by atoms with E-state index >= 15 is 0 Å². The van der Waals surface area contributed by atoms with E-state index in [1.165, 1.54) is 7.05 Å². The number of carbonyl (C=O) groups excluding carboxylic acids is 1. The van der Waals surface area contributed by atoms with Gasteiger partial charge in [0.25, 0.3) is 0 Å². The predicted molar refractivity (Wildman–Crippen MR) is 85.0 cm³/mol. The van der Waals surface area contributed by atoms with Crippen molar-refractivity contribution < 1.29 is 13.2 Å². The lowest BCUT2D eigenvalue weighted by Crippen LogP contribution is -2.45. The molecule has 1 aromatic carbocycles. The Kier molecular flexibility index (Phi) is 5.93. The van der Waals surface area contributed by atoms with Gasteiger partial charge in [-0.25, -0.2) is 13.1 Å². The molecule has 1 fully saturated rings. The smallest absolute Gasteiger partial charge is 0.240 e. The average molecular weight is 325 g/mol. The minimum Gasteiger partial charge on any atom is -0.352 e. The molecule has 1 aromatic rings. The first-order valence-corrected chi connectivity index (χ1v) is 9.02. The molecule has 0 aromatic heterocycles. The number of hydrogen-bond donors (Lipinski definition) is 3. The summed E-state index contributed by atoms with van der Waals surface area (Å²) in [5, 5.41) is 6.29. The van der Waals surface area contributed by atoms with E-state index in [-0.39, 0.29) is 16.8 Å². The lowest BCUT2D eigenvalue weighted by Gasteiger charge is -2.23. The van der Waals surface area contributed by atoms with Crippen LogP contribution >= 0.6 is 0 Å². The molecule has 122 valence electrons. The van der Waals surface area contributed by atoms with Crippen LogP contribution in [0, 0.1) is 0 Å². The van der Waals surface area contributed by atoms with E-state index in [0.717, 1.165) is 31.5 Å². The lowest BCUT2D eigenvalue weighted by molar-refractivity contribution is -0.121. The summed E-state index contributed by atoms with van der Waals surface area (Å²) in [4.78, 5) is 12.1. The Balaban J connectivity index is 1.82. The molecule has 1 saturated heterocycles. The SMILES string of the molecule is CNS(=O)(=O)c1ccc(CCC(=O)N[C@H]2CCCNC2)cc1. The molecule has 1 amide bonds. The number of aryl methyl sites for hydroxylation is 1. The van der Waals surface area contributed by atoms with Crippen LogP contribution in [0.5, 0.6) is 0 Å². The minimum absolute atomic E-state index is 0.0422. The van der Waals surface area contributed by atoms with E-state index < -0.39 is 10.0 Å². The third-order valence-corrected chi connectivity index (χ3v) is 5.24. The van der Waals surface area contributed by atoms with E-state index in [0.29, 0.717) is 12.8 Å². The quantitative estimate of drug-likeness (QED) is 0.706. The highest BCUT2D eigenvalue weighted by Crippen LogP contribution is 2.11. The molecule has 1 heterocycles. The average Bonchev–Trinajstić information content (AvgIpc) is 2.54. The van der Waals surface area contributed by atoms with Gasteiger partial charge in [-0.2, -0.15) is 0 Å². The highest BCUT2D eigenvalue weighted by molar-refractivity contribution is 7.89. The zero-order valence-corrected chi connectivity index (χ0v) is 13.6. The summed E-state index contributed by atoms with van der Waals surface area (Å²) in [5.41, 5.74) is 0.951. The summed E-state index contributed by atoms with van der Waals surface area (Å²) in [7, 11) is -2.02. The number of hydrogen-bond acceptors (Lipinski definition) is 4. The Hall–Kier alpha value is -1.44. The van der Waals surface area contributed by atoms with Crippen LogP contribution in [0.4, 0.5) is 0 Å². The first-order valence-electron chi connectivity index (χ1n) is 7.54. The lowest BCUT2D eigenvalue weighted by atomic mass is 10.1. The van der Waals surface area contributed by atoms with Gasteiger partial charge in [0, 0.05) is 19.0 Å². The summed E-state index contributed by atoms with van der Waals surface area (Å²) >= 11 is 0. The van der Waals surface area contributed by atoms with Crippen LogP contribution in [0.1, 0.15) is 24.8 Å². The van der Waals surface area contributed by atoms with Crippen molar-refractivity contribution in [3.63, 3.8) is 0 Å². The van der Waals surface area contributed by atoms with Gasteiger partial charge in [0.2, 0.25) is 15.9 Å². The molecule has 0 unspecified atom stereocenters. The van der Waals surface area contributed by atoms with Crippen molar-refractivity contribution in [3.05, 3.63) is 29.8 Å². The number of sulfonamides is 1. The summed E-state index contributed by atoms with van der Waals surface area (Å²) in [6.45, 7) is 1.86. The van der Waals surface area contributed by atoms with E-state index in [9.17, 15) is 13.2 Å². The van der Waals surface area contributed by atoms with Crippen LogP contribution in [-0.2, 0) is 21.2 Å². The topological polar surface area (TPSA) is 87.3 Å². The summed E-state index contributed by atoms with van der Waals surface area (Å²) < 4.78 is 25.5. The third-order valence-electron chi connectivity index (χ3n) is 3.81. The maximum Gasteiger partial charge on any atom is 0.240 e. The van der Waals surface area contributed by atoms with Gasteiger partial charge < -0.3 is 10.6 Å². The molecule has 6 nitrogen and oxygen atoms in total. The number of amides is 1. The molecule has 1 atom stereocenters. The molecule has 2 rings (SSSR count). The second-order valence-corrected chi connectivity index (χ2v) is 7.35. The molecule has 0 aliphatic carbocycles. The zero-order chi connectivity index (χ0) is 16.0. The number of benzene rings is 1. The minimum atomic E-state index is -3.40. The van der Waals surface area contributed by atoms with Crippen molar-refractivity contribution in [1.82, 2.24) is 15.4 Å². The van der Waals surface area contributed by atoms with Crippen LogP contribution in [-0.4, -0.2) is 40.5 Å². The summed E-state index contributed by atoms with van der Waals surface area (Å²) in [6, 6.07) is 6.84. The van der Waals surface area contributed by atoms with Crippen LogP contribution in [0.3, 0.4) is 0 Å². The molecular weight excluding hydrogens is 302 g/mol. The highest BCUT2D eigenvalue weighted by atomic mass is 32.2. The largest absolute Gasteiger partial charge is 0.352 e. The number of carbonyl (C=O) groups is 1. The zero-order valence-electron chi connectivity index (χ0n) is 12.8. The Bertz CT molecular complexity index is 593. The second-order valence-electron chi connectivity index (χ2n) is 5.46. The molecule has 1 aliphatic heterocycles. The fourth-order valence-electron chi connectivity index (χ4n) is 2.49. The molecule has 1 aliphatic rings. The summed E-state index contributed by atoms with van der Waals surface area (Å²) in [6.07, 6.45) is 3.13. The molecule has 0 bridgehead atoms. The molecule has 7 heteroatoms. The number of piperidine rings is 1. The maximum absolute atomic E-state index is 11.9. The van der Waals surface area contributed by atoms with E-state index in [4.69, 9.17) is 0 Å². The maximum atomic E-state index is 11.9. The molecular formula is C15H23N3O3S. The van der Waals surface area contributed by atoms with Gasteiger partial charge in [-0.15, -0.1) is 0 Å². The van der Waals surface area contributed by atoms with Crippen molar-refractivity contribution in [2.45, 2.75) is 36.6 Å². The van der Waals surface area contributed by atoms with Gasteiger partial charge in [-0.3, -0.25) is 4.79 Å². The van der Waals surface area contributed by atoms with Gasteiger partial charge >= 0.3 is 0 Å². The van der Waals surface area contributed by atoms with Crippen molar-refractivity contribution in [3.8, 4) is 0 Å². The molecule has 0 spiro atoms.